The fourth-order valence-corrected chi connectivity index (χ4v) is 2.89. The lowest BCUT2D eigenvalue weighted by Crippen LogP contribution is -2.28. The Kier molecular flexibility index (Phi) is 4.67. The number of carbonyl (C=O) groups is 1. The van der Waals surface area contributed by atoms with Crippen molar-refractivity contribution in [2.45, 2.75) is 32.9 Å². The van der Waals surface area contributed by atoms with Crippen molar-refractivity contribution in [3.8, 4) is 0 Å². The Labute approximate surface area is 144 Å². The molecule has 2 heterocycles. The smallest absolute Gasteiger partial charge is 0.266 e. The number of fused-ring (bicyclic) bond motifs is 1. The maximum atomic E-state index is 12.2. The highest BCUT2D eigenvalue weighted by Crippen LogP contribution is 2.15. The number of H-pyrrole nitrogens is 1. The lowest BCUT2D eigenvalue weighted by Gasteiger charge is -2.14. The minimum atomic E-state index is -0.343. The molecule has 0 aliphatic carbocycles. The van der Waals surface area contributed by atoms with Gasteiger partial charge in [-0.2, -0.15) is 0 Å². The number of aryl methyl sites for hydroxylation is 2. The summed E-state index contributed by atoms with van der Waals surface area (Å²) < 4.78 is 1.63. The van der Waals surface area contributed by atoms with Gasteiger partial charge >= 0.3 is 0 Å². The van der Waals surface area contributed by atoms with Gasteiger partial charge in [0.1, 0.15) is 0 Å². The lowest BCUT2D eigenvalue weighted by atomic mass is 10.0. The van der Waals surface area contributed by atoms with Crippen LogP contribution in [0, 0.1) is 13.8 Å². The van der Waals surface area contributed by atoms with E-state index in [0.717, 1.165) is 22.5 Å². The van der Waals surface area contributed by atoms with Gasteiger partial charge in [0.15, 0.2) is 5.65 Å². The van der Waals surface area contributed by atoms with Crippen molar-refractivity contribution in [3.63, 3.8) is 0 Å². The van der Waals surface area contributed by atoms with Crippen LogP contribution in [0.25, 0.3) is 5.65 Å². The number of nitrogens with one attached hydrogen (secondary N) is 2. The van der Waals surface area contributed by atoms with Crippen LogP contribution in [-0.2, 0) is 11.3 Å². The second-order valence-corrected chi connectivity index (χ2v) is 6.07. The Morgan fingerprint density at radius 3 is 2.76 bits per heavy atom. The molecule has 0 spiro atoms. The molecule has 3 rings (SSSR count). The van der Waals surface area contributed by atoms with Gasteiger partial charge in [-0.05, 0) is 19.4 Å². The fraction of sp³-hybridized carbons (Fsp3) is 0.278. The quantitative estimate of drug-likeness (QED) is 0.652. The van der Waals surface area contributed by atoms with E-state index < -0.39 is 0 Å². The van der Waals surface area contributed by atoms with Crippen molar-refractivity contribution < 1.29 is 4.79 Å². The number of aromatic nitrogens is 3. The summed E-state index contributed by atoms with van der Waals surface area (Å²) in [6, 6.07) is 10.6. The first-order chi connectivity index (χ1) is 12.0. The van der Waals surface area contributed by atoms with E-state index >= 15 is 0 Å². The summed E-state index contributed by atoms with van der Waals surface area (Å²) in [5, 5.41) is 5.59. The maximum Gasteiger partial charge on any atom is 0.266 e. The second-order valence-electron chi connectivity index (χ2n) is 6.07. The second kappa shape index (κ2) is 6.90. The van der Waals surface area contributed by atoms with E-state index in [4.69, 9.17) is 5.73 Å². The zero-order chi connectivity index (χ0) is 18.0. The average molecular weight is 339 g/mol. The van der Waals surface area contributed by atoms with E-state index in [1.807, 2.05) is 44.2 Å². The Balaban J connectivity index is 1.70. The van der Waals surface area contributed by atoms with E-state index in [-0.39, 0.29) is 23.9 Å². The van der Waals surface area contributed by atoms with Gasteiger partial charge in [-0.15, -0.1) is 0 Å². The van der Waals surface area contributed by atoms with Crippen LogP contribution in [0.15, 0.2) is 41.2 Å². The molecule has 0 radical (unpaired) electrons. The molecule has 0 fully saturated rings. The lowest BCUT2D eigenvalue weighted by molar-refractivity contribution is -0.121. The largest absolute Gasteiger partial charge is 0.352 e. The van der Waals surface area contributed by atoms with Crippen LogP contribution in [0.2, 0.25) is 0 Å². The van der Waals surface area contributed by atoms with E-state index in [2.05, 4.69) is 15.4 Å². The topological polar surface area (TPSA) is 105 Å². The van der Waals surface area contributed by atoms with Crippen molar-refractivity contribution in [2.24, 2.45) is 5.73 Å². The normalized spacial score (nSPS) is 12.3. The summed E-state index contributed by atoms with van der Waals surface area (Å²) in [5.41, 5.74) is 9.88. The van der Waals surface area contributed by atoms with E-state index in [9.17, 15) is 9.59 Å². The first-order valence-corrected chi connectivity index (χ1v) is 8.11. The molecule has 7 nitrogen and oxygen atoms in total. The van der Waals surface area contributed by atoms with Crippen molar-refractivity contribution in [2.75, 3.05) is 0 Å². The maximum absolute atomic E-state index is 12.2. The van der Waals surface area contributed by atoms with Crippen LogP contribution in [0.4, 0.5) is 0 Å². The first-order valence-electron chi connectivity index (χ1n) is 8.11. The van der Waals surface area contributed by atoms with Crippen molar-refractivity contribution in [1.82, 2.24) is 19.9 Å². The number of amides is 1. The van der Waals surface area contributed by atoms with Gasteiger partial charge in [0.05, 0.1) is 0 Å². The number of hydrogen-bond donors (Lipinski definition) is 3. The molecular weight excluding hydrogens is 318 g/mol. The molecule has 4 N–H and O–H groups in total. The predicted octanol–water partition coefficient (Wildman–Crippen LogP) is 1.35. The number of aromatic amines is 1. The summed E-state index contributed by atoms with van der Waals surface area (Å²) in [4.78, 5) is 28.1. The van der Waals surface area contributed by atoms with E-state index in [1.165, 1.54) is 6.07 Å². The van der Waals surface area contributed by atoms with Crippen LogP contribution >= 0.6 is 0 Å². The van der Waals surface area contributed by atoms with Crippen molar-refractivity contribution in [1.29, 1.82) is 0 Å². The molecule has 3 aromatic rings. The summed E-state index contributed by atoms with van der Waals surface area (Å²) in [6.45, 7) is 4.08. The van der Waals surface area contributed by atoms with Gasteiger partial charge in [0, 0.05) is 42.0 Å². The predicted molar refractivity (Wildman–Crippen MR) is 95.1 cm³/mol. The monoisotopic (exact) mass is 339 g/mol. The van der Waals surface area contributed by atoms with Crippen LogP contribution in [0.5, 0.6) is 0 Å². The minimum Gasteiger partial charge on any atom is -0.352 e. The van der Waals surface area contributed by atoms with Gasteiger partial charge in [0.2, 0.25) is 5.91 Å². The van der Waals surface area contributed by atoms with Crippen LogP contribution in [0.3, 0.4) is 0 Å². The van der Waals surface area contributed by atoms with Crippen LogP contribution in [-0.4, -0.2) is 20.5 Å². The fourth-order valence-electron chi connectivity index (χ4n) is 2.89. The molecule has 1 aromatic carbocycles. The number of nitrogens with zero attached hydrogens (tertiary/aromatic N) is 2. The molecule has 0 aliphatic heterocycles. The van der Waals surface area contributed by atoms with Gasteiger partial charge in [-0.3, -0.25) is 14.7 Å². The zero-order valence-electron chi connectivity index (χ0n) is 14.2. The third kappa shape index (κ3) is 3.61. The highest BCUT2D eigenvalue weighted by atomic mass is 16.1. The Bertz CT molecular complexity index is 959. The van der Waals surface area contributed by atoms with Gasteiger partial charge < -0.3 is 11.1 Å². The molecule has 1 atom stereocenters. The summed E-state index contributed by atoms with van der Waals surface area (Å²) in [7, 11) is 0. The highest BCUT2D eigenvalue weighted by Gasteiger charge is 2.14. The molecule has 130 valence electrons. The molecule has 2 aromatic heterocycles. The molecule has 0 bridgehead atoms. The molecule has 0 saturated heterocycles. The van der Waals surface area contributed by atoms with E-state index in [1.54, 1.807) is 4.52 Å². The van der Waals surface area contributed by atoms with Crippen LogP contribution in [0.1, 0.15) is 35.0 Å². The standard InChI is InChI=1S/C18H21N5O2/c1-11-14(12(2)23-16(21-11)9-18(25)22-23)10-20-17(24)8-15(19)13-6-4-3-5-7-13/h3-7,9,15H,8,10,19H2,1-2H3,(H,20,24)(H,22,25). The number of benzene rings is 1. The molecule has 7 heteroatoms. The molecule has 1 unspecified atom stereocenters. The number of nitrogens with two attached hydrogens (primary N) is 1. The van der Waals surface area contributed by atoms with Crippen LogP contribution < -0.4 is 16.6 Å². The Morgan fingerprint density at radius 1 is 1.32 bits per heavy atom. The van der Waals surface area contributed by atoms with Gasteiger partial charge in [-0.25, -0.2) is 9.50 Å². The zero-order valence-corrected chi connectivity index (χ0v) is 14.2. The number of carbonyl (C=O) groups excluding carboxylic acids is 1. The summed E-state index contributed by atoms with van der Waals surface area (Å²) >= 11 is 0. The van der Waals surface area contributed by atoms with Gasteiger partial charge in [-0.1, -0.05) is 30.3 Å². The first kappa shape index (κ1) is 16.9. The molecule has 1 amide bonds. The Morgan fingerprint density at radius 2 is 2.04 bits per heavy atom. The SMILES string of the molecule is Cc1nc2cc(=O)[nH]n2c(C)c1CNC(=O)CC(N)c1ccccc1. The minimum absolute atomic E-state index is 0.128. The summed E-state index contributed by atoms with van der Waals surface area (Å²) in [5.74, 6) is -0.128. The third-order valence-electron chi connectivity index (χ3n) is 4.30. The summed E-state index contributed by atoms with van der Waals surface area (Å²) in [6.07, 6.45) is 0.206. The van der Waals surface area contributed by atoms with Gasteiger partial charge in [0.25, 0.3) is 5.56 Å². The average Bonchev–Trinajstić information content (AvgIpc) is 2.96. The highest BCUT2D eigenvalue weighted by molar-refractivity contribution is 5.76. The van der Waals surface area contributed by atoms with E-state index in [0.29, 0.717) is 12.2 Å². The molecule has 0 aliphatic rings. The van der Waals surface area contributed by atoms with Crippen molar-refractivity contribution in [3.05, 3.63) is 69.3 Å². The molecule has 0 saturated carbocycles. The third-order valence-corrected chi connectivity index (χ3v) is 4.30. The Hall–Kier alpha value is -2.93. The number of rotatable bonds is 5. The molecular formula is C18H21N5O2. The molecule has 25 heavy (non-hydrogen) atoms. The van der Waals surface area contributed by atoms with Crippen molar-refractivity contribution >= 4 is 11.6 Å². The number of hydrogen-bond acceptors (Lipinski definition) is 4.